The van der Waals surface area contributed by atoms with Crippen molar-refractivity contribution in [1.82, 2.24) is 9.55 Å². The van der Waals surface area contributed by atoms with E-state index >= 15 is 0 Å². The number of nitrogens with one attached hydrogen (secondary N) is 1. The lowest BCUT2D eigenvalue weighted by Crippen LogP contribution is -2.32. The minimum absolute atomic E-state index is 0.220. The minimum Gasteiger partial charge on any atom is -0.453 e. The monoisotopic (exact) mass is 409 g/mol. The molecule has 30 heavy (non-hydrogen) atoms. The molecule has 10 heteroatoms. The van der Waals surface area contributed by atoms with Crippen molar-refractivity contribution < 1.29 is 19.1 Å². The van der Waals surface area contributed by atoms with Gasteiger partial charge in [0.1, 0.15) is 18.4 Å². The molecule has 0 bridgehead atoms. The number of amides is 1. The van der Waals surface area contributed by atoms with Crippen molar-refractivity contribution in [3.05, 3.63) is 46.0 Å². The van der Waals surface area contributed by atoms with E-state index in [0.29, 0.717) is 5.56 Å². The molecule has 0 aliphatic rings. The molecule has 0 aliphatic heterocycles. The van der Waals surface area contributed by atoms with Crippen LogP contribution in [0.4, 0.5) is 10.5 Å². The zero-order valence-corrected chi connectivity index (χ0v) is 16.8. The summed E-state index contributed by atoms with van der Waals surface area (Å²) in [7, 11) is 1.19. The smallest absolute Gasteiger partial charge is 0.411 e. The van der Waals surface area contributed by atoms with Crippen LogP contribution in [-0.4, -0.2) is 34.3 Å². The third-order valence-corrected chi connectivity index (χ3v) is 3.97. The normalized spacial score (nSPS) is 10.5. The number of ether oxygens (including phenoxy) is 2. The standard InChI is InChI=1S/C20H19N5O5/c1-12-23-16(8-17(26)25(12)10-18(27)30-20(2,3)11-22)14-6-5-13(9-21)7-15(14)24-19(28)29-4/h5-8H,10H2,1-4H3,(H,24,28). The van der Waals surface area contributed by atoms with Gasteiger partial charge in [-0.1, -0.05) is 0 Å². The summed E-state index contributed by atoms with van der Waals surface area (Å²) in [6.07, 6.45) is -0.751. The highest BCUT2D eigenvalue weighted by Crippen LogP contribution is 2.27. The van der Waals surface area contributed by atoms with Crippen molar-refractivity contribution >= 4 is 17.7 Å². The number of anilines is 1. The Bertz CT molecular complexity index is 1140. The van der Waals surface area contributed by atoms with Gasteiger partial charge < -0.3 is 9.47 Å². The number of aromatic nitrogens is 2. The Morgan fingerprint density at radius 2 is 1.97 bits per heavy atom. The molecule has 0 spiro atoms. The van der Waals surface area contributed by atoms with E-state index in [4.69, 9.17) is 15.3 Å². The predicted molar refractivity (Wildman–Crippen MR) is 105 cm³/mol. The summed E-state index contributed by atoms with van der Waals surface area (Å²) in [5.41, 5.74) is -0.704. The Balaban J connectivity index is 2.43. The van der Waals surface area contributed by atoms with Gasteiger partial charge in [-0.05, 0) is 39.0 Å². The quantitative estimate of drug-likeness (QED) is 0.739. The summed E-state index contributed by atoms with van der Waals surface area (Å²) in [4.78, 5) is 40.6. The molecule has 0 unspecified atom stereocenters. The summed E-state index contributed by atoms with van der Waals surface area (Å²) in [6, 6.07) is 9.48. The number of esters is 1. The van der Waals surface area contributed by atoms with Crippen molar-refractivity contribution in [2.75, 3.05) is 12.4 Å². The lowest BCUT2D eigenvalue weighted by atomic mass is 10.1. The van der Waals surface area contributed by atoms with Crippen LogP contribution in [0.2, 0.25) is 0 Å². The second-order valence-electron chi connectivity index (χ2n) is 6.70. The van der Waals surface area contributed by atoms with Gasteiger partial charge in [0, 0.05) is 11.6 Å². The van der Waals surface area contributed by atoms with Gasteiger partial charge in [-0.2, -0.15) is 10.5 Å². The maximum Gasteiger partial charge on any atom is 0.411 e. The van der Waals surface area contributed by atoms with Crippen LogP contribution >= 0.6 is 0 Å². The van der Waals surface area contributed by atoms with Crippen molar-refractivity contribution in [1.29, 1.82) is 10.5 Å². The highest BCUT2D eigenvalue weighted by molar-refractivity contribution is 5.91. The molecule has 10 nitrogen and oxygen atoms in total. The van der Waals surface area contributed by atoms with Gasteiger partial charge in [0.15, 0.2) is 5.60 Å². The van der Waals surface area contributed by atoms with Gasteiger partial charge in [0.25, 0.3) is 5.56 Å². The number of benzene rings is 1. The fourth-order valence-electron chi connectivity index (χ4n) is 2.52. The summed E-state index contributed by atoms with van der Waals surface area (Å²) in [6.45, 7) is 3.99. The van der Waals surface area contributed by atoms with Crippen molar-refractivity contribution in [2.24, 2.45) is 0 Å². The van der Waals surface area contributed by atoms with Crippen LogP contribution in [0.3, 0.4) is 0 Å². The van der Waals surface area contributed by atoms with Crippen molar-refractivity contribution in [3.63, 3.8) is 0 Å². The maximum absolute atomic E-state index is 12.6. The number of nitrogens with zero attached hydrogens (tertiary/aromatic N) is 4. The van der Waals surface area contributed by atoms with E-state index in [9.17, 15) is 14.4 Å². The number of methoxy groups -OCH3 is 1. The van der Waals surface area contributed by atoms with Crippen LogP contribution in [0.25, 0.3) is 11.3 Å². The van der Waals surface area contributed by atoms with Crippen LogP contribution in [-0.2, 0) is 20.8 Å². The highest BCUT2D eigenvalue weighted by Gasteiger charge is 2.23. The maximum atomic E-state index is 12.6. The zero-order chi connectivity index (χ0) is 22.5. The Morgan fingerprint density at radius 3 is 2.53 bits per heavy atom. The molecule has 0 saturated heterocycles. The topological polar surface area (TPSA) is 147 Å². The number of nitriles is 2. The van der Waals surface area contributed by atoms with E-state index in [0.717, 1.165) is 4.57 Å². The first-order chi connectivity index (χ1) is 14.1. The van der Waals surface area contributed by atoms with Crippen molar-refractivity contribution in [2.45, 2.75) is 32.9 Å². The molecule has 0 saturated carbocycles. The molecular weight excluding hydrogens is 390 g/mol. The van der Waals surface area contributed by atoms with Gasteiger partial charge in [-0.15, -0.1) is 0 Å². The summed E-state index contributed by atoms with van der Waals surface area (Å²) >= 11 is 0. The number of aryl methyl sites for hydroxylation is 1. The molecule has 1 aromatic heterocycles. The Morgan fingerprint density at radius 1 is 1.27 bits per heavy atom. The average Bonchev–Trinajstić information content (AvgIpc) is 2.70. The second kappa shape index (κ2) is 8.88. The van der Waals surface area contributed by atoms with Crippen LogP contribution in [0.5, 0.6) is 0 Å². The van der Waals surface area contributed by atoms with Crippen LogP contribution in [0.1, 0.15) is 25.2 Å². The summed E-state index contributed by atoms with van der Waals surface area (Å²) in [5.74, 6) is -0.537. The molecule has 2 rings (SSSR count). The van der Waals surface area contributed by atoms with Gasteiger partial charge in [-0.25, -0.2) is 9.78 Å². The van der Waals surface area contributed by atoms with Crippen LogP contribution < -0.4 is 10.9 Å². The molecule has 0 radical (unpaired) electrons. The molecular formula is C20H19N5O5. The van der Waals surface area contributed by atoms with Gasteiger partial charge in [-0.3, -0.25) is 19.5 Å². The summed E-state index contributed by atoms with van der Waals surface area (Å²) < 4.78 is 10.7. The number of carbonyl (C=O) groups is 2. The molecule has 1 amide bonds. The molecule has 1 N–H and O–H groups in total. The number of hydrogen-bond acceptors (Lipinski definition) is 8. The molecule has 0 fully saturated rings. The van der Waals surface area contributed by atoms with Gasteiger partial charge in [0.2, 0.25) is 0 Å². The van der Waals surface area contributed by atoms with Crippen LogP contribution in [0, 0.1) is 29.6 Å². The zero-order valence-electron chi connectivity index (χ0n) is 16.8. The third kappa shape index (κ3) is 5.20. The predicted octanol–water partition coefficient (Wildman–Crippen LogP) is 2.11. The van der Waals surface area contributed by atoms with E-state index in [-0.39, 0.29) is 22.8 Å². The Kier molecular flexibility index (Phi) is 6.55. The first-order valence-electron chi connectivity index (χ1n) is 8.71. The molecule has 154 valence electrons. The number of rotatable bonds is 5. The first kappa shape index (κ1) is 22.1. The fourth-order valence-corrected chi connectivity index (χ4v) is 2.52. The second-order valence-corrected chi connectivity index (χ2v) is 6.70. The lowest BCUT2D eigenvalue weighted by molar-refractivity contribution is -0.152. The first-order valence-corrected chi connectivity index (χ1v) is 8.71. The van der Waals surface area contributed by atoms with Gasteiger partial charge >= 0.3 is 12.1 Å². The molecule has 0 atom stereocenters. The lowest BCUT2D eigenvalue weighted by Gasteiger charge is -2.18. The Labute approximate surface area is 172 Å². The van der Waals surface area contributed by atoms with Crippen LogP contribution in [0.15, 0.2) is 29.1 Å². The number of carbonyl (C=O) groups excluding carboxylic acids is 2. The summed E-state index contributed by atoms with van der Waals surface area (Å²) in [5, 5.41) is 20.5. The Hall–Kier alpha value is -4.18. The molecule has 1 aromatic carbocycles. The fraction of sp³-hybridized carbons (Fsp3) is 0.300. The van der Waals surface area contributed by atoms with E-state index < -0.39 is 29.8 Å². The average molecular weight is 409 g/mol. The SMILES string of the molecule is COC(=O)Nc1cc(C#N)ccc1-c1cc(=O)n(CC(=O)OC(C)(C)C#N)c(C)n1. The molecule has 1 heterocycles. The number of hydrogen-bond donors (Lipinski definition) is 1. The third-order valence-electron chi connectivity index (χ3n) is 3.97. The van der Waals surface area contributed by atoms with E-state index in [1.807, 2.05) is 12.1 Å². The van der Waals surface area contributed by atoms with Crippen molar-refractivity contribution in [3.8, 4) is 23.4 Å². The molecule has 0 aliphatic carbocycles. The van der Waals surface area contributed by atoms with E-state index in [1.165, 1.54) is 46.1 Å². The van der Waals surface area contributed by atoms with Gasteiger partial charge in [0.05, 0.1) is 30.1 Å². The van der Waals surface area contributed by atoms with E-state index in [2.05, 4.69) is 15.0 Å². The molecule has 2 aromatic rings. The minimum atomic E-state index is -1.32. The highest BCUT2D eigenvalue weighted by atomic mass is 16.6. The van der Waals surface area contributed by atoms with E-state index in [1.54, 1.807) is 6.07 Å². The largest absolute Gasteiger partial charge is 0.453 e.